The molecule has 0 radical (unpaired) electrons. The van der Waals surface area contributed by atoms with E-state index in [0.29, 0.717) is 12.7 Å². The quantitative estimate of drug-likeness (QED) is 0.846. The molecule has 88 valence electrons. The second-order valence-electron chi connectivity index (χ2n) is 4.04. The van der Waals surface area contributed by atoms with Crippen molar-refractivity contribution in [1.82, 2.24) is 0 Å². The van der Waals surface area contributed by atoms with Crippen LogP contribution in [0.4, 0.5) is 0 Å². The molecule has 0 heterocycles. The van der Waals surface area contributed by atoms with Crippen molar-refractivity contribution in [3.63, 3.8) is 0 Å². The maximum absolute atomic E-state index is 5.92. The van der Waals surface area contributed by atoms with Gasteiger partial charge in [-0.2, -0.15) is 0 Å². The normalized spacial score (nSPS) is 15.9. The Labute approximate surface area is 104 Å². The molecule has 0 atom stereocenters. The summed E-state index contributed by atoms with van der Waals surface area (Å²) < 4.78 is 6.97. The van der Waals surface area contributed by atoms with Crippen LogP contribution in [0.1, 0.15) is 24.8 Å². The summed E-state index contributed by atoms with van der Waals surface area (Å²) >= 11 is 3.46. The molecule has 1 aliphatic carbocycles. The van der Waals surface area contributed by atoms with E-state index in [9.17, 15) is 0 Å². The molecular formula is C12H16BrNO2. The Morgan fingerprint density at radius 3 is 2.81 bits per heavy atom. The van der Waals surface area contributed by atoms with Gasteiger partial charge in [0.25, 0.3) is 0 Å². The number of rotatable bonds is 5. The first-order chi connectivity index (χ1) is 7.79. The molecule has 2 rings (SSSR count). The van der Waals surface area contributed by atoms with Gasteiger partial charge in [0.15, 0.2) is 0 Å². The summed E-state index contributed by atoms with van der Waals surface area (Å²) in [7, 11) is 0. The first-order valence-corrected chi connectivity index (χ1v) is 6.35. The van der Waals surface area contributed by atoms with Gasteiger partial charge in [0, 0.05) is 10.9 Å². The largest absolute Gasteiger partial charge is 0.490 e. The van der Waals surface area contributed by atoms with E-state index in [1.165, 1.54) is 19.3 Å². The number of nitrogens with two attached hydrogens (primary N) is 1. The Morgan fingerprint density at radius 2 is 2.19 bits per heavy atom. The summed E-state index contributed by atoms with van der Waals surface area (Å²) in [5.41, 5.74) is 1.15. The van der Waals surface area contributed by atoms with Gasteiger partial charge in [0.2, 0.25) is 0 Å². The predicted octanol–water partition coefficient (Wildman–Crippen LogP) is 2.81. The van der Waals surface area contributed by atoms with Gasteiger partial charge in [0.1, 0.15) is 5.75 Å². The lowest BCUT2D eigenvalue weighted by Crippen LogP contribution is -2.25. The van der Waals surface area contributed by atoms with Crippen molar-refractivity contribution >= 4 is 15.9 Å². The Kier molecular flexibility index (Phi) is 4.21. The predicted molar refractivity (Wildman–Crippen MR) is 66.3 cm³/mol. The van der Waals surface area contributed by atoms with Gasteiger partial charge in [-0.1, -0.05) is 15.9 Å². The van der Waals surface area contributed by atoms with Gasteiger partial charge in [-0.25, -0.2) is 5.90 Å². The van der Waals surface area contributed by atoms with Crippen LogP contribution in [0.3, 0.4) is 0 Å². The molecule has 1 saturated carbocycles. The molecule has 0 saturated heterocycles. The average Bonchev–Trinajstić information content (AvgIpc) is 2.22. The monoisotopic (exact) mass is 285 g/mol. The van der Waals surface area contributed by atoms with Crippen LogP contribution in [0.5, 0.6) is 5.75 Å². The molecule has 0 amide bonds. The minimum atomic E-state index is 0.402. The van der Waals surface area contributed by atoms with Crippen LogP contribution >= 0.6 is 15.9 Å². The van der Waals surface area contributed by atoms with E-state index in [0.717, 1.165) is 22.2 Å². The minimum Gasteiger partial charge on any atom is -0.490 e. The Hall–Kier alpha value is -0.580. The zero-order valence-corrected chi connectivity index (χ0v) is 10.7. The molecule has 0 bridgehead atoms. The summed E-state index contributed by atoms with van der Waals surface area (Å²) in [6, 6.07) is 6.07. The van der Waals surface area contributed by atoms with E-state index in [2.05, 4.69) is 26.8 Å². The third kappa shape index (κ3) is 2.97. The van der Waals surface area contributed by atoms with Crippen LogP contribution < -0.4 is 10.6 Å². The van der Waals surface area contributed by atoms with E-state index >= 15 is 0 Å². The van der Waals surface area contributed by atoms with Gasteiger partial charge in [-0.05, 0) is 43.0 Å². The van der Waals surface area contributed by atoms with Gasteiger partial charge in [-0.15, -0.1) is 0 Å². The van der Waals surface area contributed by atoms with Crippen molar-refractivity contribution in [1.29, 1.82) is 0 Å². The zero-order chi connectivity index (χ0) is 11.4. The summed E-state index contributed by atoms with van der Waals surface area (Å²) in [5.74, 6) is 6.01. The fourth-order valence-corrected chi connectivity index (χ4v) is 2.10. The molecule has 3 nitrogen and oxygen atoms in total. The van der Waals surface area contributed by atoms with Crippen molar-refractivity contribution in [2.45, 2.75) is 31.8 Å². The first-order valence-electron chi connectivity index (χ1n) is 5.56. The van der Waals surface area contributed by atoms with Crippen molar-refractivity contribution in [3.05, 3.63) is 28.2 Å². The standard InChI is InChI=1S/C12H16BrNO2/c13-10-4-5-12(16-11-2-1-3-11)9(8-10)6-7-15-14/h4-5,8,11H,1-3,6-7,14H2. The minimum absolute atomic E-state index is 0.402. The van der Waals surface area contributed by atoms with Gasteiger partial charge >= 0.3 is 0 Å². The van der Waals surface area contributed by atoms with Gasteiger partial charge in [-0.3, -0.25) is 0 Å². The first kappa shape index (κ1) is 11.9. The highest BCUT2D eigenvalue weighted by Gasteiger charge is 2.20. The number of hydrogen-bond acceptors (Lipinski definition) is 3. The van der Waals surface area contributed by atoms with E-state index in [1.54, 1.807) is 0 Å². The van der Waals surface area contributed by atoms with Crippen molar-refractivity contribution < 1.29 is 9.57 Å². The Morgan fingerprint density at radius 1 is 1.38 bits per heavy atom. The molecule has 0 aliphatic heterocycles. The molecule has 2 N–H and O–H groups in total. The number of ether oxygens (including phenoxy) is 1. The lowest BCUT2D eigenvalue weighted by atomic mass is 9.96. The molecule has 0 spiro atoms. The summed E-state index contributed by atoms with van der Waals surface area (Å²) in [4.78, 5) is 4.62. The number of hydrogen-bond donors (Lipinski definition) is 1. The SMILES string of the molecule is NOCCc1cc(Br)ccc1OC1CCC1. The maximum atomic E-state index is 5.92. The van der Waals surface area contributed by atoms with Gasteiger partial charge < -0.3 is 9.57 Å². The Bertz CT molecular complexity index is 353. The van der Waals surface area contributed by atoms with Gasteiger partial charge in [0.05, 0.1) is 12.7 Å². The third-order valence-corrected chi connectivity index (χ3v) is 3.35. The van der Waals surface area contributed by atoms with E-state index in [-0.39, 0.29) is 0 Å². The molecule has 0 aromatic heterocycles. The fourth-order valence-electron chi connectivity index (χ4n) is 1.70. The number of halogens is 1. The fraction of sp³-hybridized carbons (Fsp3) is 0.500. The molecular weight excluding hydrogens is 270 g/mol. The van der Waals surface area contributed by atoms with Crippen molar-refractivity contribution in [2.75, 3.05) is 6.61 Å². The molecule has 16 heavy (non-hydrogen) atoms. The second-order valence-corrected chi connectivity index (χ2v) is 4.96. The van der Waals surface area contributed by atoms with Crippen molar-refractivity contribution in [3.8, 4) is 5.75 Å². The number of benzene rings is 1. The highest BCUT2D eigenvalue weighted by Crippen LogP contribution is 2.29. The van der Waals surface area contributed by atoms with Crippen LogP contribution in [-0.2, 0) is 11.3 Å². The zero-order valence-electron chi connectivity index (χ0n) is 9.12. The van der Waals surface area contributed by atoms with Crippen LogP contribution in [0.15, 0.2) is 22.7 Å². The molecule has 1 aromatic rings. The average molecular weight is 286 g/mol. The molecule has 0 unspecified atom stereocenters. The van der Waals surface area contributed by atoms with Crippen LogP contribution in [-0.4, -0.2) is 12.7 Å². The molecule has 1 fully saturated rings. The molecule has 4 heteroatoms. The summed E-state index contributed by atoms with van der Waals surface area (Å²) in [6.07, 6.45) is 4.80. The third-order valence-electron chi connectivity index (χ3n) is 2.86. The van der Waals surface area contributed by atoms with Crippen LogP contribution in [0, 0.1) is 0 Å². The smallest absolute Gasteiger partial charge is 0.123 e. The Balaban J connectivity index is 2.07. The van der Waals surface area contributed by atoms with E-state index in [4.69, 9.17) is 10.6 Å². The molecule has 1 aromatic carbocycles. The van der Waals surface area contributed by atoms with Crippen LogP contribution in [0.25, 0.3) is 0 Å². The lowest BCUT2D eigenvalue weighted by Gasteiger charge is -2.27. The summed E-state index contributed by atoms with van der Waals surface area (Å²) in [5, 5.41) is 0. The van der Waals surface area contributed by atoms with Crippen LogP contribution in [0.2, 0.25) is 0 Å². The highest BCUT2D eigenvalue weighted by atomic mass is 79.9. The van der Waals surface area contributed by atoms with Crippen molar-refractivity contribution in [2.24, 2.45) is 5.90 Å². The summed E-state index contributed by atoms with van der Waals surface area (Å²) in [6.45, 7) is 0.511. The van der Waals surface area contributed by atoms with E-state index < -0.39 is 0 Å². The lowest BCUT2D eigenvalue weighted by molar-refractivity contribution is 0.115. The second kappa shape index (κ2) is 5.66. The molecule has 1 aliphatic rings. The highest BCUT2D eigenvalue weighted by molar-refractivity contribution is 9.10. The topological polar surface area (TPSA) is 44.5 Å². The maximum Gasteiger partial charge on any atom is 0.123 e. The van der Waals surface area contributed by atoms with E-state index in [1.807, 2.05) is 12.1 Å².